The second-order valence-electron chi connectivity index (χ2n) is 7.41. The summed E-state index contributed by atoms with van der Waals surface area (Å²) in [4.78, 5) is 36.2. The summed E-state index contributed by atoms with van der Waals surface area (Å²) in [7, 11) is 1.58. The third kappa shape index (κ3) is 3.74. The van der Waals surface area contributed by atoms with Gasteiger partial charge in [-0.25, -0.2) is 4.98 Å². The maximum Gasteiger partial charge on any atom is 0.283 e. The first-order valence-electron chi connectivity index (χ1n) is 10.3. The Labute approximate surface area is 188 Å². The highest BCUT2D eigenvalue weighted by Gasteiger charge is 2.21. The second kappa shape index (κ2) is 8.68. The molecule has 164 valence electrons. The molecule has 1 aliphatic heterocycles. The molecule has 5 rings (SSSR count). The molecule has 1 N–H and O–H groups in total. The maximum atomic E-state index is 13.6. The zero-order valence-corrected chi connectivity index (χ0v) is 18.4. The van der Waals surface area contributed by atoms with Crippen LogP contribution in [0.15, 0.2) is 58.5 Å². The summed E-state index contributed by atoms with van der Waals surface area (Å²) in [5.74, 6) is 0.819. The van der Waals surface area contributed by atoms with Crippen LogP contribution in [0.2, 0.25) is 0 Å². The fourth-order valence-corrected chi connectivity index (χ4v) is 4.76. The molecule has 0 saturated carbocycles. The molecule has 0 aliphatic carbocycles. The van der Waals surface area contributed by atoms with Crippen molar-refractivity contribution in [1.82, 2.24) is 19.4 Å². The van der Waals surface area contributed by atoms with Crippen LogP contribution in [0.5, 0.6) is 5.75 Å². The van der Waals surface area contributed by atoms with E-state index in [1.807, 2.05) is 42.5 Å². The Morgan fingerprint density at radius 2 is 2.00 bits per heavy atom. The van der Waals surface area contributed by atoms with E-state index in [0.717, 1.165) is 10.9 Å². The van der Waals surface area contributed by atoms with Gasteiger partial charge in [0.15, 0.2) is 5.16 Å². The summed E-state index contributed by atoms with van der Waals surface area (Å²) in [5, 5.41) is 1.33. The molecule has 2 aromatic heterocycles. The van der Waals surface area contributed by atoms with Crippen LogP contribution in [0.4, 0.5) is 0 Å². The van der Waals surface area contributed by atoms with E-state index in [2.05, 4.69) is 4.98 Å². The highest BCUT2D eigenvalue weighted by atomic mass is 32.2. The largest absolute Gasteiger partial charge is 0.497 e. The number of morpholine rings is 1. The van der Waals surface area contributed by atoms with Gasteiger partial charge in [-0.3, -0.25) is 14.2 Å². The van der Waals surface area contributed by atoms with Crippen LogP contribution < -0.4 is 10.3 Å². The van der Waals surface area contributed by atoms with Crippen LogP contribution in [-0.4, -0.2) is 64.5 Å². The summed E-state index contributed by atoms with van der Waals surface area (Å²) in [5.41, 5.74) is 2.28. The molecular weight excluding hydrogens is 428 g/mol. The van der Waals surface area contributed by atoms with E-state index in [1.54, 1.807) is 18.1 Å². The number of ether oxygens (including phenoxy) is 2. The molecule has 3 heterocycles. The number of benzene rings is 2. The Morgan fingerprint density at radius 3 is 2.81 bits per heavy atom. The van der Waals surface area contributed by atoms with Gasteiger partial charge in [-0.1, -0.05) is 36.0 Å². The number of aromatic amines is 1. The van der Waals surface area contributed by atoms with Gasteiger partial charge in [-0.05, 0) is 18.2 Å². The molecule has 0 bridgehead atoms. The van der Waals surface area contributed by atoms with Crippen LogP contribution in [0, 0.1) is 0 Å². The topological polar surface area (TPSA) is 89.4 Å². The van der Waals surface area contributed by atoms with Crippen LogP contribution in [-0.2, 0) is 9.53 Å². The van der Waals surface area contributed by atoms with Crippen molar-refractivity contribution in [2.45, 2.75) is 5.16 Å². The minimum atomic E-state index is -0.222. The lowest BCUT2D eigenvalue weighted by molar-refractivity contribution is -0.132. The predicted octanol–water partition coefficient (Wildman–Crippen LogP) is 2.83. The van der Waals surface area contributed by atoms with Crippen molar-refractivity contribution >= 4 is 39.6 Å². The fraction of sp³-hybridized carbons (Fsp3) is 0.261. The number of hydrogen-bond acceptors (Lipinski definition) is 6. The Kier molecular flexibility index (Phi) is 5.59. The summed E-state index contributed by atoms with van der Waals surface area (Å²) < 4.78 is 12.2. The third-order valence-electron chi connectivity index (χ3n) is 5.49. The summed E-state index contributed by atoms with van der Waals surface area (Å²) in [6, 6.07) is 14.9. The van der Waals surface area contributed by atoms with Crippen molar-refractivity contribution in [2.24, 2.45) is 0 Å². The lowest BCUT2D eigenvalue weighted by atomic mass is 10.2. The molecule has 0 spiro atoms. The average molecular weight is 451 g/mol. The molecule has 1 fully saturated rings. The Balaban J connectivity index is 1.62. The average Bonchev–Trinajstić information content (AvgIpc) is 3.22. The SMILES string of the molecule is COc1cccc(-n2c(SCC(=O)N3CCOCC3)nc3c([nH]c4ccccc43)c2=O)c1. The Morgan fingerprint density at radius 1 is 1.19 bits per heavy atom. The molecule has 1 aliphatic rings. The second-order valence-corrected chi connectivity index (χ2v) is 8.35. The van der Waals surface area contributed by atoms with Gasteiger partial charge in [0, 0.05) is 30.1 Å². The van der Waals surface area contributed by atoms with Crippen molar-refractivity contribution in [3.8, 4) is 11.4 Å². The molecule has 4 aromatic rings. The van der Waals surface area contributed by atoms with Crippen molar-refractivity contribution in [3.05, 3.63) is 58.9 Å². The van der Waals surface area contributed by atoms with E-state index in [0.29, 0.717) is 53.9 Å². The number of fused-ring (bicyclic) bond motifs is 3. The van der Waals surface area contributed by atoms with Crippen LogP contribution in [0.25, 0.3) is 27.6 Å². The number of para-hydroxylation sites is 1. The number of carbonyl (C=O) groups excluding carboxylic acids is 1. The van der Waals surface area contributed by atoms with Gasteiger partial charge in [-0.15, -0.1) is 0 Å². The molecule has 0 unspecified atom stereocenters. The lowest BCUT2D eigenvalue weighted by Crippen LogP contribution is -2.41. The van der Waals surface area contributed by atoms with Crippen LogP contribution >= 0.6 is 11.8 Å². The smallest absolute Gasteiger partial charge is 0.283 e. The van der Waals surface area contributed by atoms with Crippen molar-refractivity contribution < 1.29 is 14.3 Å². The number of nitrogens with one attached hydrogen (secondary N) is 1. The van der Waals surface area contributed by atoms with Gasteiger partial charge in [0.1, 0.15) is 16.8 Å². The number of carbonyl (C=O) groups is 1. The van der Waals surface area contributed by atoms with Crippen molar-refractivity contribution in [3.63, 3.8) is 0 Å². The first-order chi connectivity index (χ1) is 15.7. The van der Waals surface area contributed by atoms with Gasteiger partial charge < -0.3 is 19.4 Å². The van der Waals surface area contributed by atoms with Crippen LogP contribution in [0.1, 0.15) is 0 Å². The quantitative estimate of drug-likeness (QED) is 0.372. The van der Waals surface area contributed by atoms with Crippen LogP contribution in [0.3, 0.4) is 0 Å². The highest BCUT2D eigenvalue weighted by molar-refractivity contribution is 7.99. The normalized spacial score (nSPS) is 14.2. The van der Waals surface area contributed by atoms with Gasteiger partial charge >= 0.3 is 0 Å². The Hall–Kier alpha value is -3.30. The number of hydrogen-bond donors (Lipinski definition) is 1. The maximum absolute atomic E-state index is 13.6. The summed E-state index contributed by atoms with van der Waals surface area (Å²) >= 11 is 1.26. The molecule has 0 radical (unpaired) electrons. The van der Waals surface area contributed by atoms with Gasteiger partial charge in [0.25, 0.3) is 5.56 Å². The van der Waals surface area contributed by atoms with E-state index < -0.39 is 0 Å². The van der Waals surface area contributed by atoms with E-state index >= 15 is 0 Å². The number of amides is 1. The van der Waals surface area contributed by atoms with Crippen molar-refractivity contribution in [2.75, 3.05) is 39.2 Å². The number of thioether (sulfide) groups is 1. The number of methoxy groups -OCH3 is 1. The number of nitrogens with zero attached hydrogens (tertiary/aromatic N) is 3. The van der Waals surface area contributed by atoms with Gasteiger partial charge in [0.05, 0.1) is 31.8 Å². The first kappa shape index (κ1) is 20.6. The third-order valence-corrected chi connectivity index (χ3v) is 6.42. The Bertz CT molecular complexity index is 1360. The van der Waals surface area contributed by atoms with E-state index in [9.17, 15) is 9.59 Å². The molecule has 1 amide bonds. The van der Waals surface area contributed by atoms with E-state index in [4.69, 9.17) is 14.5 Å². The molecule has 32 heavy (non-hydrogen) atoms. The number of H-pyrrole nitrogens is 1. The minimum absolute atomic E-state index is 0.00349. The highest BCUT2D eigenvalue weighted by Crippen LogP contribution is 2.27. The molecular formula is C23H22N4O4S. The molecule has 2 aromatic carbocycles. The van der Waals surface area contributed by atoms with Crippen molar-refractivity contribution in [1.29, 1.82) is 0 Å². The van der Waals surface area contributed by atoms with Gasteiger partial charge in [-0.2, -0.15) is 0 Å². The number of aromatic nitrogens is 3. The summed E-state index contributed by atoms with van der Waals surface area (Å²) in [6.45, 7) is 2.25. The first-order valence-corrected chi connectivity index (χ1v) is 11.3. The lowest BCUT2D eigenvalue weighted by Gasteiger charge is -2.26. The predicted molar refractivity (Wildman–Crippen MR) is 124 cm³/mol. The molecule has 1 saturated heterocycles. The van der Waals surface area contributed by atoms with E-state index in [1.165, 1.54) is 16.3 Å². The minimum Gasteiger partial charge on any atom is -0.497 e. The zero-order valence-electron chi connectivity index (χ0n) is 17.5. The zero-order chi connectivity index (χ0) is 22.1. The van der Waals surface area contributed by atoms with E-state index in [-0.39, 0.29) is 17.2 Å². The molecule has 8 nitrogen and oxygen atoms in total. The fourth-order valence-electron chi connectivity index (χ4n) is 3.85. The van der Waals surface area contributed by atoms with Gasteiger partial charge in [0.2, 0.25) is 5.91 Å². The molecule has 0 atom stereocenters. The number of rotatable bonds is 5. The molecule has 9 heteroatoms. The monoisotopic (exact) mass is 450 g/mol. The summed E-state index contributed by atoms with van der Waals surface area (Å²) in [6.07, 6.45) is 0. The standard InChI is InChI=1S/C23H22N4O4S/c1-30-16-6-4-5-15(13-16)27-22(29)21-20(17-7-2-3-8-18(17)24-21)25-23(27)32-14-19(28)26-9-11-31-12-10-26/h2-8,13,24H,9-12,14H2,1H3.